The molecule has 0 saturated heterocycles. The minimum absolute atomic E-state index is 0.201. The van der Waals surface area contributed by atoms with E-state index < -0.39 is 24.5 Å². The predicted molar refractivity (Wildman–Crippen MR) is 56.5 cm³/mol. The van der Waals surface area contributed by atoms with Crippen LogP contribution < -0.4 is 5.32 Å². The molecule has 0 unspecified atom stereocenters. The van der Waals surface area contributed by atoms with Crippen molar-refractivity contribution in [2.75, 3.05) is 18.5 Å². The summed E-state index contributed by atoms with van der Waals surface area (Å²) in [5.41, 5.74) is 0.372. The van der Waals surface area contributed by atoms with Crippen LogP contribution in [0, 0.1) is 5.82 Å². The number of carbonyl (C=O) groups is 1. The van der Waals surface area contributed by atoms with Crippen LogP contribution in [-0.4, -0.2) is 25.3 Å². The molecule has 0 aliphatic carbocycles. The third kappa shape index (κ3) is 6.19. The van der Waals surface area contributed by atoms with Gasteiger partial charge in [-0.15, -0.1) is 0 Å². The lowest BCUT2D eigenvalue weighted by molar-refractivity contribution is -0.174. The summed E-state index contributed by atoms with van der Waals surface area (Å²) in [6, 6.07) is 5.03. The Labute approximate surface area is 101 Å². The van der Waals surface area contributed by atoms with Crippen molar-refractivity contribution in [1.29, 1.82) is 0 Å². The van der Waals surface area contributed by atoms with Gasteiger partial charge in [-0.3, -0.25) is 4.79 Å². The highest BCUT2D eigenvalue weighted by atomic mass is 19.4. The molecular formula is C11H11F4NO2. The summed E-state index contributed by atoms with van der Waals surface area (Å²) in [4.78, 5) is 11.3. The highest BCUT2D eigenvalue weighted by molar-refractivity contribution is 5.90. The standard InChI is InChI=1S/C11H11F4NO2/c12-8-1-3-9(4-2-8)16-10(17)5-6-18-7-11(13,14)15/h1-4H,5-7H2,(H,16,17). The smallest absolute Gasteiger partial charge is 0.372 e. The van der Waals surface area contributed by atoms with Gasteiger partial charge in [0.1, 0.15) is 12.4 Å². The molecule has 0 atom stereocenters. The molecule has 0 spiro atoms. The van der Waals surface area contributed by atoms with Crippen molar-refractivity contribution in [2.24, 2.45) is 0 Å². The molecule has 1 aromatic carbocycles. The van der Waals surface area contributed by atoms with Crippen LogP contribution in [0.4, 0.5) is 23.2 Å². The maximum Gasteiger partial charge on any atom is 0.411 e. The lowest BCUT2D eigenvalue weighted by Crippen LogP contribution is -2.20. The van der Waals surface area contributed by atoms with Crippen molar-refractivity contribution in [1.82, 2.24) is 0 Å². The van der Waals surface area contributed by atoms with Gasteiger partial charge in [0.25, 0.3) is 0 Å². The first-order valence-electron chi connectivity index (χ1n) is 5.07. The second kappa shape index (κ2) is 6.34. The summed E-state index contributed by atoms with van der Waals surface area (Å²) in [7, 11) is 0. The van der Waals surface area contributed by atoms with Gasteiger partial charge in [0, 0.05) is 5.69 Å². The maximum absolute atomic E-state index is 12.5. The Kier molecular flexibility index (Phi) is 5.08. The van der Waals surface area contributed by atoms with Crippen molar-refractivity contribution in [2.45, 2.75) is 12.6 Å². The van der Waals surface area contributed by atoms with E-state index >= 15 is 0 Å². The Bertz CT molecular complexity index is 389. The van der Waals surface area contributed by atoms with Crippen molar-refractivity contribution >= 4 is 11.6 Å². The van der Waals surface area contributed by atoms with Gasteiger partial charge < -0.3 is 10.1 Å². The zero-order valence-corrected chi connectivity index (χ0v) is 9.26. The number of halogens is 4. The number of rotatable bonds is 5. The van der Waals surface area contributed by atoms with Crippen molar-refractivity contribution in [3.63, 3.8) is 0 Å². The highest BCUT2D eigenvalue weighted by Crippen LogP contribution is 2.14. The van der Waals surface area contributed by atoms with Gasteiger partial charge in [-0.05, 0) is 24.3 Å². The van der Waals surface area contributed by atoms with E-state index in [0.717, 1.165) is 12.1 Å². The minimum atomic E-state index is -4.40. The summed E-state index contributed by atoms with van der Waals surface area (Å²) in [6.45, 7) is -1.70. The maximum atomic E-state index is 12.5. The number of benzene rings is 1. The molecule has 1 amide bonds. The monoisotopic (exact) mass is 265 g/mol. The van der Waals surface area contributed by atoms with Crippen LogP contribution in [0.1, 0.15) is 6.42 Å². The van der Waals surface area contributed by atoms with Crippen molar-refractivity contribution in [3.8, 4) is 0 Å². The van der Waals surface area contributed by atoms with Crippen molar-refractivity contribution in [3.05, 3.63) is 30.1 Å². The predicted octanol–water partition coefficient (Wildman–Crippen LogP) is 2.73. The Morgan fingerprint density at radius 2 is 1.83 bits per heavy atom. The Hall–Kier alpha value is -1.63. The van der Waals surface area contributed by atoms with Gasteiger partial charge in [-0.2, -0.15) is 13.2 Å². The van der Waals surface area contributed by atoms with Gasteiger partial charge in [0.05, 0.1) is 13.0 Å². The Morgan fingerprint density at radius 3 is 2.39 bits per heavy atom. The van der Waals surface area contributed by atoms with E-state index in [-0.39, 0.29) is 13.0 Å². The summed E-state index contributed by atoms with van der Waals surface area (Å²) in [6.07, 6.45) is -4.60. The molecule has 1 aromatic rings. The lowest BCUT2D eigenvalue weighted by Gasteiger charge is -2.08. The Balaban J connectivity index is 2.24. The summed E-state index contributed by atoms with van der Waals surface area (Å²) in [5, 5.41) is 2.40. The first kappa shape index (κ1) is 14.4. The molecule has 3 nitrogen and oxygen atoms in total. The molecule has 0 heterocycles. The van der Waals surface area contributed by atoms with Gasteiger partial charge in [0.15, 0.2) is 0 Å². The first-order chi connectivity index (χ1) is 8.37. The van der Waals surface area contributed by atoms with Gasteiger partial charge in [-0.25, -0.2) is 4.39 Å². The van der Waals surface area contributed by atoms with E-state index in [9.17, 15) is 22.4 Å². The van der Waals surface area contributed by atoms with Gasteiger partial charge >= 0.3 is 6.18 Å². The molecule has 7 heteroatoms. The Morgan fingerprint density at radius 1 is 1.22 bits per heavy atom. The van der Waals surface area contributed by atoms with Gasteiger partial charge in [-0.1, -0.05) is 0 Å². The lowest BCUT2D eigenvalue weighted by atomic mass is 10.3. The minimum Gasteiger partial charge on any atom is -0.372 e. The molecule has 0 radical (unpaired) electrons. The molecule has 1 rings (SSSR count). The molecule has 0 saturated carbocycles. The number of alkyl halides is 3. The number of carbonyl (C=O) groups excluding carboxylic acids is 1. The molecule has 100 valence electrons. The second-order valence-electron chi connectivity index (χ2n) is 3.47. The number of nitrogens with one attached hydrogen (secondary N) is 1. The first-order valence-corrected chi connectivity index (χ1v) is 5.07. The third-order valence-corrected chi connectivity index (χ3v) is 1.87. The molecule has 0 aliphatic rings. The van der Waals surface area contributed by atoms with Crippen LogP contribution in [0.3, 0.4) is 0 Å². The van der Waals surface area contributed by atoms with Crippen LogP contribution in [0.25, 0.3) is 0 Å². The average Bonchev–Trinajstić information content (AvgIpc) is 2.26. The molecule has 0 fully saturated rings. The SMILES string of the molecule is O=C(CCOCC(F)(F)F)Nc1ccc(F)cc1. The van der Waals surface area contributed by atoms with Crippen LogP contribution in [0.15, 0.2) is 24.3 Å². The molecule has 0 aromatic heterocycles. The van der Waals surface area contributed by atoms with E-state index in [1.165, 1.54) is 12.1 Å². The highest BCUT2D eigenvalue weighted by Gasteiger charge is 2.27. The average molecular weight is 265 g/mol. The largest absolute Gasteiger partial charge is 0.411 e. The summed E-state index contributed by atoms with van der Waals surface area (Å²) >= 11 is 0. The molecular weight excluding hydrogens is 254 g/mol. The third-order valence-electron chi connectivity index (χ3n) is 1.87. The number of ether oxygens (including phenoxy) is 1. The van der Waals surface area contributed by atoms with E-state index in [4.69, 9.17) is 0 Å². The molecule has 18 heavy (non-hydrogen) atoms. The zero-order chi connectivity index (χ0) is 13.6. The zero-order valence-electron chi connectivity index (χ0n) is 9.26. The quantitative estimate of drug-likeness (QED) is 0.656. The fourth-order valence-corrected chi connectivity index (χ4v) is 1.11. The van der Waals surface area contributed by atoms with Crippen LogP contribution in [0.5, 0.6) is 0 Å². The van der Waals surface area contributed by atoms with Crippen molar-refractivity contribution < 1.29 is 27.1 Å². The van der Waals surface area contributed by atoms with E-state index in [1.807, 2.05) is 0 Å². The molecule has 1 N–H and O–H groups in total. The number of amides is 1. The van der Waals surface area contributed by atoms with Crippen LogP contribution in [-0.2, 0) is 9.53 Å². The fraction of sp³-hybridized carbons (Fsp3) is 0.364. The summed E-state index contributed by atoms with van der Waals surface area (Å²) in [5.74, 6) is -0.940. The summed E-state index contributed by atoms with van der Waals surface area (Å²) < 4.78 is 51.9. The normalized spacial score (nSPS) is 11.3. The topological polar surface area (TPSA) is 38.3 Å². The number of hydrogen-bond acceptors (Lipinski definition) is 2. The van der Waals surface area contributed by atoms with Crippen LogP contribution in [0.2, 0.25) is 0 Å². The number of hydrogen-bond donors (Lipinski definition) is 1. The van der Waals surface area contributed by atoms with Crippen LogP contribution >= 0.6 is 0 Å². The second-order valence-corrected chi connectivity index (χ2v) is 3.47. The molecule has 0 aliphatic heterocycles. The van der Waals surface area contributed by atoms with E-state index in [0.29, 0.717) is 5.69 Å². The number of anilines is 1. The molecule has 0 bridgehead atoms. The van der Waals surface area contributed by atoms with E-state index in [2.05, 4.69) is 10.1 Å². The van der Waals surface area contributed by atoms with E-state index in [1.54, 1.807) is 0 Å². The fourth-order valence-electron chi connectivity index (χ4n) is 1.11. The van der Waals surface area contributed by atoms with Gasteiger partial charge in [0.2, 0.25) is 5.91 Å².